The Labute approximate surface area is 99.0 Å². The van der Waals surface area contributed by atoms with Gasteiger partial charge in [0.25, 0.3) is 0 Å². The van der Waals surface area contributed by atoms with Crippen molar-refractivity contribution in [1.29, 1.82) is 0 Å². The molecule has 0 saturated heterocycles. The summed E-state index contributed by atoms with van der Waals surface area (Å²) in [6, 6.07) is 6.34. The number of anilines is 1. The Kier molecular flexibility index (Phi) is 4.76. The summed E-state index contributed by atoms with van der Waals surface area (Å²) in [5, 5.41) is 4.17. The number of halogens is 2. The molecule has 1 unspecified atom stereocenters. The highest BCUT2D eigenvalue weighted by Crippen LogP contribution is 2.30. The fourth-order valence-corrected chi connectivity index (χ4v) is 1.94. The molecular formula is C11H15BrClN. The van der Waals surface area contributed by atoms with Crippen LogP contribution in [0.1, 0.15) is 26.7 Å². The summed E-state index contributed by atoms with van der Waals surface area (Å²) in [6.45, 7) is 4.36. The van der Waals surface area contributed by atoms with E-state index in [2.05, 4.69) is 35.1 Å². The highest BCUT2D eigenvalue weighted by molar-refractivity contribution is 9.10. The van der Waals surface area contributed by atoms with Crippen LogP contribution >= 0.6 is 27.5 Å². The van der Waals surface area contributed by atoms with Gasteiger partial charge in [0.2, 0.25) is 0 Å². The van der Waals surface area contributed by atoms with E-state index in [1.807, 2.05) is 18.2 Å². The molecule has 1 nitrogen and oxygen atoms in total. The van der Waals surface area contributed by atoms with Gasteiger partial charge in [-0.15, -0.1) is 0 Å². The molecule has 1 atom stereocenters. The predicted molar refractivity (Wildman–Crippen MR) is 67.1 cm³/mol. The Morgan fingerprint density at radius 1 is 1.50 bits per heavy atom. The van der Waals surface area contributed by atoms with Crippen molar-refractivity contribution in [2.75, 3.05) is 5.32 Å². The van der Waals surface area contributed by atoms with Gasteiger partial charge in [0.1, 0.15) is 0 Å². The first-order valence-electron chi connectivity index (χ1n) is 4.85. The molecular weight excluding hydrogens is 261 g/mol. The quantitative estimate of drug-likeness (QED) is 0.840. The number of nitrogens with one attached hydrogen (secondary N) is 1. The van der Waals surface area contributed by atoms with Crippen LogP contribution < -0.4 is 5.32 Å². The lowest BCUT2D eigenvalue weighted by atomic mass is 10.2. The van der Waals surface area contributed by atoms with Crippen LogP contribution in [0.3, 0.4) is 0 Å². The zero-order chi connectivity index (χ0) is 10.6. The molecule has 1 aromatic carbocycles. The predicted octanol–water partition coefficient (Wildman–Crippen LogP) is 4.70. The van der Waals surface area contributed by atoms with Gasteiger partial charge >= 0.3 is 0 Å². The smallest absolute Gasteiger partial charge is 0.0593 e. The second-order valence-corrected chi connectivity index (χ2v) is 4.64. The molecule has 1 aromatic rings. The van der Waals surface area contributed by atoms with Gasteiger partial charge in [-0.25, -0.2) is 0 Å². The van der Waals surface area contributed by atoms with Gasteiger partial charge in [0.15, 0.2) is 0 Å². The number of hydrogen-bond donors (Lipinski definition) is 1. The van der Waals surface area contributed by atoms with E-state index in [4.69, 9.17) is 11.6 Å². The monoisotopic (exact) mass is 275 g/mol. The average Bonchev–Trinajstić information content (AvgIpc) is 2.13. The van der Waals surface area contributed by atoms with Gasteiger partial charge in [0.05, 0.1) is 15.2 Å². The Morgan fingerprint density at radius 2 is 2.21 bits per heavy atom. The van der Waals surface area contributed by atoms with Gasteiger partial charge < -0.3 is 5.32 Å². The molecule has 0 aliphatic heterocycles. The summed E-state index contributed by atoms with van der Waals surface area (Å²) in [5.41, 5.74) is 1.07. The van der Waals surface area contributed by atoms with E-state index < -0.39 is 0 Å². The Balaban J connectivity index is 2.71. The molecule has 0 aromatic heterocycles. The molecule has 1 N–H and O–H groups in total. The first-order valence-corrected chi connectivity index (χ1v) is 6.02. The minimum atomic E-state index is 0.481. The normalized spacial score (nSPS) is 12.6. The van der Waals surface area contributed by atoms with Crippen molar-refractivity contribution in [2.45, 2.75) is 32.7 Å². The summed E-state index contributed by atoms with van der Waals surface area (Å²) in [6.07, 6.45) is 2.35. The fourth-order valence-electron chi connectivity index (χ4n) is 1.39. The van der Waals surface area contributed by atoms with Crippen molar-refractivity contribution < 1.29 is 0 Å². The molecule has 0 saturated carbocycles. The maximum Gasteiger partial charge on any atom is 0.0593 e. The van der Waals surface area contributed by atoms with Crippen LogP contribution in [0.15, 0.2) is 22.7 Å². The van der Waals surface area contributed by atoms with Crippen LogP contribution in [0.2, 0.25) is 5.02 Å². The van der Waals surface area contributed by atoms with Gasteiger partial charge in [-0.3, -0.25) is 0 Å². The highest BCUT2D eigenvalue weighted by Gasteiger charge is 2.06. The number of hydrogen-bond acceptors (Lipinski definition) is 1. The largest absolute Gasteiger partial charge is 0.382 e. The zero-order valence-electron chi connectivity index (χ0n) is 8.48. The first kappa shape index (κ1) is 11.9. The molecule has 0 fully saturated rings. The maximum absolute atomic E-state index is 5.99. The van der Waals surface area contributed by atoms with Crippen LogP contribution in [-0.4, -0.2) is 6.04 Å². The Hall–Kier alpha value is -0.210. The molecule has 0 heterocycles. The third-order valence-corrected chi connectivity index (χ3v) is 3.47. The summed E-state index contributed by atoms with van der Waals surface area (Å²) >= 11 is 9.45. The molecule has 0 aliphatic carbocycles. The third kappa shape index (κ3) is 3.18. The zero-order valence-corrected chi connectivity index (χ0v) is 10.8. The molecule has 0 bridgehead atoms. The molecule has 0 radical (unpaired) electrons. The lowest BCUT2D eigenvalue weighted by Crippen LogP contribution is -2.14. The lowest BCUT2D eigenvalue weighted by Gasteiger charge is -2.15. The van der Waals surface area contributed by atoms with Crippen molar-refractivity contribution >= 4 is 33.2 Å². The molecule has 0 aliphatic rings. The minimum Gasteiger partial charge on any atom is -0.382 e. The fraction of sp³-hybridized carbons (Fsp3) is 0.455. The number of benzene rings is 1. The second kappa shape index (κ2) is 5.62. The summed E-state index contributed by atoms with van der Waals surface area (Å²) in [7, 11) is 0. The van der Waals surface area contributed by atoms with Crippen LogP contribution in [0, 0.1) is 0 Å². The van der Waals surface area contributed by atoms with Crippen molar-refractivity contribution in [3.63, 3.8) is 0 Å². The molecule has 78 valence electrons. The van der Waals surface area contributed by atoms with Crippen LogP contribution in [0.4, 0.5) is 5.69 Å². The van der Waals surface area contributed by atoms with E-state index in [0.717, 1.165) is 15.2 Å². The standard InChI is InChI=1S/C11H15BrClN/c1-3-5-8(2)14-10-7-4-6-9(13)11(10)12/h4,6-8,14H,3,5H2,1-2H3. The second-order valence-electron chi connectivity index (χ2n) is 3.44. The van der Waals surface area contributed by atoms with E-state index in [9.17, 15) is 0 Å². The molecule has 1 rings (SSSR count). The average molecular weight is 277 g/mol. The van der Waals surface area contributed by atoms with E-state index in [1.54, 1.807) is 0 Å². The Bertz CT molecular complexity index is 301. The van der Waals surface area contributed by atoms with Crippen LogP contribution in [0.25, 0.3) is 0 Å². The van der Waals surface area contributed by atoms with E-state index in [1.165, 1.54) is 12.8 Å². The van der Waals surface area contributed by atoms with Crippen molar-refractivity contribution in [3.05, 3.63) is 27.7 Å². The molecule has 14 heavy (non-hydrogen) atoms. The van der Waals surface area contributed by atoms with Crippen molar-refractivity contribution in [3.8, 4) is 0 Å². The van der Waals surface area contributed by atoms with Crippen LogP contribution in [0.5, 0.6) is 0 Å². The van der Waals surface area contributed by atoms with Gasteiger partial charge in [0, 0.05) is 6.04 Å². The van der Waals surface area contributed by atoms with E-state index >= 15 is 0 Å². The summed E-state index contributed by atoms with van der Waals surface area (Å²) in [4.78, 5) is 0. The highest BCUT2D eigenvalue weighted by atomic mass is 79.9. The third-order valence-electron chi connectivity index (χ3n) is 2.08. The Morgan fingerprint density at radius 3 is 2.86 bits per heavy atom. The molecule has 0 spiro atoms. The first-order chi connectivity index (χ1) is 6.65. The van der Waals surface area contributed by atoms with E-state index in [0.29, 0.717) is 6.04 Å². The lowest BCUT2D eigenvalue weighted by molar-refractivity contribution is 0.690. The van der Waals surface area contributed by atoms with Gasteiger partial charge in [-0.2, -0.15) is 0 Å². The summed E-state index contributed by atoms with van der Waals surface area (Å²) < 4.78 is 0.949. The topological polar surface area (TPSA) is 12.0 Å². The van der Waals surface area contributed by atoms with Crippen molar-refractivity contribution in [1.82, 2.24) is 0 Å². The van der Waals surface area contributed by atoms with Crippen LogP contribution in [-0.2, 0) is 0 Å². The molecule has 3 heteroatoms. The van der Waals surface area contributed by atoms with Gasteiger partial charge in [-0.1, -0.05) is 31.0 Å². The number of rotatable bonds is 4. The van der Waals surface area contributed by atoms with E-state index in [-0.39, 0.29) is 0 Å². The minimum absolute atomic E-state index is 0.481. The van der Waals surface area contributed by atoms with Crippen molar-refractivity contribution in [2.24, 2.45) is 0 Å². The SMILES string of the molecule is CCCC(C)Nc1cccc(Cl)c1Br. The molecule has 0 amide bonds. The summed E-state index contributed by atoms with van der Waals surface area (Å²) in [5.74, 6) is 0. The maximum atomic E-state index is 5.99. The van der Waals surface area contributed by atoms with Gasteiger partial charge in [-0.05, 0) is 41.4 Å².